The fraction of sp³-hybridized carbons (Fsp3) is 0. The minimum Gasteiger partial charge on any atom is -0.506 e. The molecular formula is C13H8I2N2O4. The van der Waals surface area contributed by atoms with Gasteiger partial charge in [0.2, 0.25) is 0 Å². The van der Waals surface area contributed by atoms with E-state index in [0.29, 0.717) is 9.13 Å². The van der Waals surface area contributed by atoms with Crippen LogP contribution in [0, 0.1) is 17.3 Å². The van der Waals surface area contributed by atoms with E-state index in [1.165, 1.54) is 24.4 Å². The first kappa shape index (κ1) is 15.9. The van der Waals surface area contributed by atoms with Gasteiger partial charge in [0, 0.05) is 27.5 Å². The van der Waals surface area contributed by atoms with Gasteiger partial charge in [0.05, 0.1) is 8.49 Å². The van der Waals surface area contributed by atoms with Crippen molar-refractivity contribution < 1.29 is 15.1 Å². The van der Waals surface area contributed by atoms with E-state index < -0.39 is 4.92 Å². The molecule has 0 saturated carbocycles. The summed E-state index contributed by atoms with van der Waals surface area (Å²) in [6, 6.07) is 7.10. The number of aromatic hydroxyl groups is 2. The molecule has 0 aromatic heterocycles. The van der Waals surface area contributed by atoms with Crippen LogP contribution in [0.4, 0.5) is 11.4 Å². The minimum absolute atomic E-state index is 0.0671. The van der Waals surface area contributed by atoms with Gasteiger partial charge < -0.3 is 10.2 Å². The summed E-state index contributed by atoms with van der Waals surface area (Å²) >= 11 is 4.10. The molecule has 0 spiro atoms. The summed E-state index contributed by atoms with van der Waals surface area (Å²) in [5.74, 6) is -0.0960. The fourth-order valence-electron chi connectivity index (χ4n) is 1.55. The second-order valence-corrected chi connectivity index (χ2v) is 6.42. The van der Waals surface area contributed by atoms with Gasteiger partial charge in [-0.05, 0) is 63.4 Å². The molecular weight excluding hydrogens is 502 g/mol. The van der Waals surface area contributed by atoms with E-state index in [2.05, 4.69) is 27.6 Å². The predicted octanol–water partition coefficient (Wildman–Crippen LogP) is 3.97. The van der Waals surface area contributed by atoms with Crippen molar-refractivity contribution in [1.82, 2.24) is 0 Å². The van der Waals surface area contributed by atoms with Crippen LogP contribution in [-0.2, 0) is 0 Å². The highest BCUT2D eigenvalue weighted by atomic mass is 127. The lowest BCUT2D eigenvalue weighted by Gasteiger charge is -2.03. The van der Waals surface area contributed by atoms with Crippen molar-refractivity contribution in [2.24, 2.45) is 4.99 Å². The first-order valence-electron chi connectivity index (χ1n) is 5.58. The van der Waals surface area contributed by atoms with Crippen molar-refractivity contribution in [3.63, 3.8) is 0 Å². The average Bonchev–Trinajstić information content (AvgIpc) is 2.42. The number of phenolic OH excluding ortho intramolecular Hbond substituents is 2. The van der Waals surface area contributed by atoms with Crippen LogP contribution in [0.15, 0.2) is 35.3 Å². The highest BCUT2D eigenvalue weighted by Crippen LogP contribution is 2.31. The number of hydrogen-bond acceptors (Lipinski definition) is 5. The molecule has 6 nitrogen and oxygen atoms in total. The maximum Gasteiger partial charge on any atom is 0.271 e. The number of aliphatic imine (C=N–C) groups is 1. The van der Waals surface area contributed by atoms with E-state index in [0.717, 1.165) is 3.57 Å². The predicted molar refractivity (Wildman–Crippen MR) is 95.6 cm³/mol. The summed E-state index contributed by atoms with van der Waals surface area (Å²) in [7, 11) is 0. The maximum atomic E-state index is 10.7. The lowest BCUT2D eigenvalue weighted by atomic mass is 10.2. The van der Waals surface area contributed by atoms with Gasteiger partial charge in [-0.15, -0.1) is 0 Å². The topological polar surface area (TPSA) is 96.0 Å². The standard InChI is InChI=1S/C13H8I2N2O4/c14-8-3-7(13(19)10(15)4-8)6-16-11-5-9(17(20)21)1-2-12(11)18/h1-6,18-19H. The quantitative estimate of drug-likeness (QED) is 0.283. The third-order valence-corrected chi connectivity index (χ3v) is 4.02. The molecule has 0 unspecified atom stereocenters. The molecule has 0 heterocycles. The Morgan fingerprint density at radius 1 is 1.19 bits per heavy atom. The van der Waals surface area contributed by atoms with Gasteiger partial charge in [0.1, 0.15) is 17.2 Å². The third kappa shape index (κ3) is 3.81. The number of nitro groups is 1. The van der Waals surface area contributed by atoms with Gasteiger partial charge in [-0.2, -0.15) is 0 Å². The first-order valence-corrected chi connectivity index (χ1v) is 7.73. The van der Waals surface area contributed by atoms with E-state index in [9.17, 15) is 20.3 Å². The summed E-state index contributed by atoms with van der Waals surface area (Å²) in [6.07, 6.45) is 1.36. The Labute approximate surface area is 147 Å². The van der Waals surface area contributed by atoms with Crippen LogP contribution in [0.25, 0.3) is 0 Å². The van der Waals surface area contributed by atoms with E-state index in [1.54, 1.807) is 12.1 Å². The van der Waals surface area contributed by atoms with Crippen molar-refractivity contribution >= 4 is 62.8 Å². The van der Waals surface area contributed by atoms with Crippen molar-refractivity contribution in [2.45, 2.75) is 0 Å². The SMILES string of the molecule is O=[N+]([O-])c1ccc(O)c(N=Cc2cc(I)cc(I)c2O)c1. The van der Waals surface area contributed by atoms with E-state index in [1.807, 2.05) is 22.6 Å². The zero-order chi connectivity index (χ0) is 15.6. The number of benzene rings is 2. The molecule has 0 atom stereocenters. The molecule has 0 aliphatic rings. The Balaban J connectivity index is 2.42. The molecule has 0 fully saturated rings. The molecule has 2 aromatic carbocycles. The summed E-state index contributed by atoms with van der Waals surface area (Å²) in [5, 5.41) is 30.3. The molecule has 21 heavy (non-hydrogen) atoms. The molecule has 0 saturated heterocycles. The number of nitrogens with zero attached hydrogens (tertiary/aromatic N) is 2. The number of rotatable bonds is 3. The van der Waals surface area contributed by atoms with Crippen molar-refractivity contribution in [1.29, 1.82) is 0 Å². The van der Waals surface area contributed by atoms with Gasteiger partial charge in [-0.1, -0.05) is 0 Å². The summed E-state index contributed by atoms with van der Waals surface area (Å²) in [4.78, 5) is 14.2. The number of halogens is 2. The van der Waals surface area contributed by atoms with Crippen molar-refractivity contribution in [2.75, 3.05) is 0 Å². The molecule has 2 N–H and O–H groups in total. The number of nitro benzene ring substituents is 1. The minimum atomic E-state index is -0.565. The smallest absolute Gasteiger partial charge is 0.271 e. The Hall–Kier alpha value is -1.43. The van der Waals surface area contributed by atoms with Gasteiger partial charge in [0.25, 0.3) is 5.69 Å². The van der Waals surface area contributed by atoms with Crippen LogP contribution < -0.4 is 0 Å². The second-order valence-electron chi connectivity index (χ2n) is 4.01. The lowest BCUT2D eigenvalue weighted by Crippen LogP contribution is -1.89. The van der Waals surface area contributed by atoms with Crippen LogP contribution in [0.2, 0.25) is 0 Å². The normalized spacial score (nSPS) is 11.0. The van der Waals surface area contributed by atoms with Crippen LogP contribution >= 0.6 is 45.2 Å². The van der Waals surface area contributed by atoms with Crippen LogP contribution in [0.3, 0.4) is 0 Å². The summed E-state index contributed by atoms with van der Waals surface area (Å²) in [5.41, 5.74) is 0.371. The van der Waals surface area contributed by atoms with Crippen LogP contribution in [-0.4, -0.2) is 21.4 Å². The Kier molecular flexibility index (Phi) is 4.98. The maximum absolute atomic E-state index is 10.7. The number of hydrogen-bond donors (Lipinski definition) is 2. The molecule has 8 heteroatoms. The van der Waals surface area contributed by atoms with Gasteiger partial charge in [-0.25, -0.2) is 0 Å². The number of phenols is 2. The Morgan fingerprint density at radius 3 is 2.57 bits per heavy atom. The zero-order valence-corrected chi connectivity index (χ0v) is 14.6. The zero-order valence-electron chi connectivity index (χ0n) is 10.3. The molecule has 0 aliphatic carbocycles. The Bertz CT molecular complexity index is 747. The monoisotopic (exact) mass is 510 g/mol. The molecule has 0 bridgehead atoms. The largest absolute Gasteiger partial charge is 0.506 e. The Morgan fingerprint density at radius 2 is 1.90 bits per heavy atom. The molecule has 2 aromatic rings. The highest BCUT2D eigenvalue weighted by Gasteiger charge is 2.10. The van der Waals surface area contributed by atoms with Crippen LogP contribution in [0.1, 0.15) is 5.56 Å². The first-order chi connectivity index (χ1) is 9.88. The van der Waals surface area contributed by atoms with E-state index in [4.69, 9.17) is 0 Å². The van der Waals surface area contributed by atoms with Crippen LogP contribution in [0.5, 0.6) is 11.5 Å². The lowest BCUT2D eigenvalue weighted by molar-refractivity contribution is -0.384. The molecule has 0 amide bonds. The second kappa shape index (κ2) is 6.56. The molecule has 108 valence electrons. The highest BCUT2D eigenvalue weighted by molar-refractivity contribution is 14.1. The number of non-ortho nitro benzene ring substituents is 1. The van der Waals surface area contributed by atoms with Crippen molar-refractivity contribution in [3.05, 3.63) is 53.1 Å². The van der Waals surface area contributed by atoms with Gasteiger partial charge >= 0.3 is 0 Å². The van der Waals surface area contributed by atoms with Crippen molar-refractivity contribution in [3.8, 4) is 11.5 Å². The average molecular weight is 510 g/mol. The van der Waals surface area contributed by atoms with Gasteiger partial charge in [0.15, 0.2) is 0 Å². The van der Waals surface area contributed by atoms with E-state index >= 15 is 0 Å². The molecule has 2 rings (SSSR count). The summed E-state index contributed by atoms with van der Waals surface area (Å²) < 4.78 is 1.59. The molecule has 0 aliphatic heterocycles. The fourth-order valence-corrected chi connectivity index (χ4v) is 3.44. The summed E-state index contributed by atoms with van der Waals surface area (Å²) in [6.45, 7) is 0. The van der Waals surface area contributed by atoms with Gasteiger partial charge in [-0.3, -0.25) is 15.1 Å². The third-order valence-electron chi connectivity index (χ3n) is 2.57. The molecule has 0 radical (unpaired) electrons. The van der Waals surface area contributed by atoms with E-state index in [-0.39, 0.29) is 22.9 Å².